The molecule has 1 heterocycles. The van der Waals surface area contributed by atoms with E-state index in [4.69, 9.17) is 4.74 Å². The van der Waals surface area contributed by atoms with Gasteiger partial charge in [0.25, 0.3) is 5.91 Å². The second-order valence-electron chi connectivity index (χ2n) is 6.88. The molecular formula is C22H28N2O2. The summed E-state index contributed by atoms with van der Waals surface area (Å²) >= 11 is 0. The molecule has 2 aromatic carbocycles. The van der Waals surface area contributed by atoms with Crippen molar-refractivity contribution in [3.05, 3.63) is 60.2 Å². The van der Waals surface area contributed by atoms with Crippen molar-refractivity contribution in [3.8, 4) is 0 Å². The average Bonchev–Trinajstić information content (AvgIpc) is 2.97. The lowest BCUT2D eigenvalue weighted by molar-refractivity contribution is -0.127. The number of benzene rings is 2. The van der Waals surface area contributed by atoms with Gasteiger partial charge in [0.05, 0.1) is 6.61 Å². The minimum atomic E-state index is -0.500. The number of amides is 1. The van der Waals surface area contributed by atoms with Crippen LogP contribution in [0.5, 0.6) is 0 Å². The third kappa shape index (κ3) is 5.33. The Bertz CT molecular complexity index is 677. The van der Waals surface area contributed by atoms with E-state index >= 15 is 0 Å². The molecule has 1 amide bonds. The van der Waals surface area contributed by atoms with Gasteiger partial charge in [-0.25, -0.2) is 0 Å². The van der Waals surface area contributed by atoms with E-state index < -0.39 is 6.10 Å². The maximum Gasteiger partial charge on any atom is 0.253 e. The van der Waals surface area contributed by atoms with E-state index in [-0.39, 0.29) is 5.91 Å². The second kappa shape index (κ2) is 9.39. The van der Waals surface area contributed by atoms with E-state index in [0.29, 0.717) is 6.61 Å². The molecule has 0 radical (unpaired) electrons. The summed E-state index contributed by atoms with van der Waals surface area (Å²) in [7, 11) is 0. The number of hydrogen-bond donors (Lipinski definition) is 1. The highest BCUT2D eigenvalue weighted by Crippen LogP contribution is 2.21. The number of hydrogen-bond acceptors (Lipinski definition) is 3. The predicted octanol–water partition coefficient (Wildman–Crippen LogP) is 4.61. The first-order valence-corrected chi connectivity index (χ1v) is 9.54. The summed E-state index contributed by atoms with van der Waals surface area (Å²) in [6.07, 6.45) is 4.67. The van der Waals surface area contributed by atoms with E-state index in [1.165, 1.54) is 31.4 Å². The maximum absolute atomic E-state index is 12.3. The van der Waals surface area contributed by atoms with E-state index in [9.17, 15) is 4.79 Å². The fourth-order valence-corrected chi connectivity index (χ4v) is 3.20. The summed E-state index contributed by atoms with van der Waals surface area (Å²) in [4.78, 5) is 14.8. The zero-order chi connectivity index (χ0) is 18.2. The molecule has 138 valence electrons. The fraction of sp³-hybridized carbons (Fsp3) is 0.409. The van der Waals surface area contributed by atoms with Gasteiger partial charge in [0.2, 0.25) is 0 Å². The minimum absolute atomic E-state index is 0.122. The molecule has 0 saturated carbocycles. The number of nitrogens with zero attached hydrogens (tertiary/aromatic N) is 1. The van der Waals surface area contributed by atoms with Crippen LogP contribution < -0.4 is 10.2 Å². The van der Waals surface area contributed by atoms with E-state index in [1.807, 2.05) is 42.5 Å². The fourth-order valence-electron chi connectivity index (χ4n) is 3.20. The van der Waals surface area contributed by atoms with Gasteiger partial charge < -0.3 is 15.0 Å². The van der Waals surface area contributed by atoms with Crippen molar-refractivity contribution in [3.63, 3.8) is 0 Å². The molecular weight excluding hydrogens is 324 g/mol. The van der Waals surface area contributed by atoms with Gasteiger partial charge in [-0.2, -0.15) is 0 Å². The van der Waals surface area contributed by atoms with Crippen molar-refractivity contribution >= 4 is 17.3 Å². The molecule has 26 heavy (non-hydrogen) atoms. The standard InChI is InChI=1S/C22H28N2O2/c1-18(26-17-19-9-5-4-6-10-19)22(25)23-20-11-13-21(14-12-20)24-15-7-2-3-8-16-24/h4-6,9-14,18H,2-3,7-8,15-17H2,1H3,(H,23,25). The van der Waals surface area contributed by atoms with Crippen LogP contribution in [0.1, 0.15) is 38.2 Å². The summed E-state index contributed by atoms with van der Waals surface area (Å²) < 4.78 is 5.67. The predicted molar refractivity (Wildman–Crippen MR) is 106 cm³/mol. The van der Waals surface area contributed by atoms with Gasteiger partial charge in [-0.3, -0.25) is 4.79 Å². The van der Waals surface area contributed by atoms with Gasteiger partial charge in [-0.05, 0) is 49.6 Å². The number of carbonyl (C=O) groups excluding carboxylic acids is 1. The Labute approximate surface area is 156 Å². The molecule has 2 aromatic rings. The molecule has 0 aliphatic carbocycles. The van der Waals surface area contributed by atoms with Gasteiger partial charge in [0.1, 0.15) is 6.10 Å². The van der Waals surface area contributed by atoms with E-state index in [2.05, 4.69) is 22.3 Å². The first-order valence-electron chi connectivity index (χ1n) is 9.54. The molecule has 0 spiro atoms. The van der Waals surface area contributed by atoms with Crippen LogP contribution in [0.2, 0.25) is 0 Å². The van der Waals surface area contributed by atoms with Crippen LogP contribution in [0.3, 0.4) is 0 Å². The van der Waals surface area contributed by atoms with Crippen LogP contribution in [0, 0.1) is 0 Å². The quantitative estimate of drug-likeness (QED) is 0.825. The van der Waals surface area contributed by atoms with Crippen molar-refractivity contribution in [2.24, 2.45) is 0 Å². The van der Waals surface area contributed by atoms with Gasteiger partial charge in [0.15, 0.2) is 0 Å². The van der Waals surface area contributed by atoms with Crippen LogP contribution in [-0.4, -0.2) is 25.1 Å². The molecule has 0 aromatic heterocycles. The van der Waals surface area contributed by atoms with Crippen molar-refractivity contribution in [2.75, 3.05) is 23.3 Å². The number of anilines is 2. The van der Waals surface area contributed by atoms with E-state index in [0.717, 1.165) is 24.3 Å². The smallest absolute Gasteiger partial charge is 0.253 e. The Hall–Kier alpha value is -2.33. The van der Waals surface area contributed by atoms with Crippen LogP contribution >= 0.6 is 0 Å². The summed E-state index contributed by atoms with van der Waals surface area (Å²) in [5.41, 5.74) is 3.11. The molecule has 1 aliphatic rings. The summed E-state index contributed by atoms with van der Waals surface area (Å²) in [5.74, 6) is -0.122. The second-order valence-corrected chi connectivity index (χ2v) is 6.88. The van der Waals surface area contributed by atoms with Gasteiger partial charge >= 0.3 is 0 Å². The van der Waals surface area contributed by atoms with Crippen LogP contribution in [0.15, 0.2) is 54.6 Å². The van der Waals surface area contributed by atoms with Crippen molar-refractivity contribution in [2.45, 2.75) is 45.3 Å². The Balaban J connectivity index is 1.50. The van der Waals surface area contributed by atoms with Gasteiger partial charge in [-0.15, -0.1) is 0 Å². The first kappa shape index (κ1) is 18.5. The number of rotatable bonds is 6. The van der Waals surface area contributed by atoms with E-state index in [1.54, 1.807) is 6.92 Å². The molecule has 4 heteroatoms. The Morgan fingerprint density at radius 1 is 1.00 bits per heavy atom. The molecule has 1 N–H and O–H groups in total. The molecule has 1 saturated heterocycles. The van der Waals surface area contributed by atoms with Crippen molar-refractivity contribution in [1.82, 2.24) is 0 Å². The highest BCUT2D eigenvalue weighted by Gasteiger charge is 2.14. The van der Waals surface area contributed by atoms with Crippen LogP contribution in [0.25, 0.3) is 0 Å². The highest BCUT2D eigenvalue weighted by atomic mass is 16.5. The first-order chi connectivity index (χ1) is 12.7. The summed E-state index contributed by atoms with van der Waals surface area (Å²) in [5, 5.41) is 2.94. The lowest BCUT2D eigenvalue weighted by atomic mass is 10.2. The van der Waals surface area contributed by atoms with Gasteiger partial charge in [0, 0.05) is 24.5 Å². The van der Waals surface area contributed by atoms with Crippen LogP contribution in [-0.2, 0) is 16.1 Å². The topological polar surface area (TPSA) is 41.6 Å². The summed E-state index contributed by atoms with van der Waals surface area (Å²) in [6, 6.07) is 18.0. The van der Waals surface area contributed by atoms with Crippen molar-refractivity contribution < 1.29 is 9.53 Å². The maximum atomic E-state index is 12.3. The van der Waals surface area contributed by atoms with Gasteiger partial charge in [-0.1, -0.05) is 43.2 Å². The molecule has 4 nitrogen and oxygen atoms in total. The Kier molecular flexibility index (Phi) is 6.67. The molecule has 1 fully saturated rings. The van der Waals surface area contributed by atoms with Crippen molar-refractivity contribution in [1.29, 1.82) is 0 Å². The van der Waals surface area contributed by atoms with Crippen LogP contribution in [0.4, 0.5) is 11.4 Å². The highest BCUT2D eigenvalue weighted by molar-refractivity contribution is 5.94. The molecule has 1 atom stereocenters. The Morgan fingerprint density at radius 3 is 2.31 bits per heavy atom. The zero-order valence-electron chi connectivity index (χ0n) is 15.5. The lowest BCUT2D eigenvalue weighted by Crippen LogP contribution is -2.27. The molecule has 1 aliphatic heterocycles. The molecule has 0 bridgehead atoms. The third-order valence-electron chi connectivity index (χ3n) is 4.82. The number of carbonyl (C=O) groups is 1. The third-order valence-corrected chi connectivity index (χ3v) is 4.82. The molecule has 1 unspecified atom stereocenters. The number of ether oxygens (including phenoxy) is 1. The average molecular weight is 352 g/mol. The zero-order valence-corrected chi connectivity index (χ0v) is 15.5. The number of nitrogens with one attached hydrogen (secondary N) is 1. The normalized spacial score (nSPS) is 16.0. The largest absolute Gasteiger partial charge is 0.372 e. The monoisotopic (exact) mass is 352 g/mol. The molecule has 3 rings (SSSR count). The minimum Gasteiger partial charge on any atom is -0.372 e. The lowest BCUT2D eigenvalue weighted by Gasteiger charge is -2.23. The summed E-state index contributed by atoms with van der Waals surface area (Å²) in [6.45, 7) is 4.46. The SMILES string of the molecule is CC(OCc1ccccc1)C(=O)Nc1ccc(N2CCCCCC2)cc1. The Morgan fingerprint density at radius 2 is 1.65 bits per heavy atom.